The summed E-state index contributed by atoms with van der Waals surface area (Å²) in [5.41, 5.74) is 3.31. The molecule has 166 valence electrons. The van der Waals surface area contributed by atoms with Crippen LogP contribution in [0.15, 0.2) is 48.8 Å². The number of amides is 1. The van der Waals surface area contributed by atoms with E-state index in [0.717, 1.165) is 63.4 Å². The second-order valence-corrected chi connectivity index (χ2v) is 8.57. The normalized spacial score (nSPS) is 18.1. The minimum atomic E-state index is -0.0611. The summed E-state index contributed by atoms with van der Waals surface area (Å²) < 4.78 is 5.84. The van der Waals surface area contributed by atoms with Crippen molar-refractivity contribution in [3.63, 3.8) is 0 Å². The topological polar surface area (TPSA) is 57.7 Å². The first-order valence-corrected chi connectivity index (χ1v) is 11.6. The number of para-hydroxylation sites is 2. The molecule has 1 aromatic heterocycles. The summed E-state index contributed by atoms with van der Waals surface area (Å²) >= 11 is 0. The van der Waals surface area contributed by atoms with Gasteiger partial charge in [-0.05, 0) is 49.1 Å². The van der Waals surface area contributed by atoms with Gasteiger partial charge in [0.1, 0.15) is 6.61 Å². The van der Waals surface area contributed by atoms with Crippen LogP contribution in [-0.4, -0.2) is 61.2 Å². The predicted molar refractivity (Wildman–Crippen MR) is 124 cm³/mol. The van der Waals surface area contributed by atoms with Crippen molar-refractivity contribution in [3.8, 4) is 0 Å². The molecule has 0 unspecified atom stereocenters. The smallest absolute Gasteiger partial charge is 0.250 e. The summed E-state index contributed by atoms with van der Waals surface area (Å²) in [4.78, 5) is 21.5. The SMILES string of the molecule is O=C(COC1CCCCC1)Nc1ccccc1N1CCN(CCc2ccncc2)CC1. The molecule has 0 bridgehead atoms. The van der Waals surface area contributed by atoms with Crippen LogP contribution in [0.4, 0.5) is 11.4 Å². The van der Waals surface area contributed by atoms with Crippen molar-refractivity contribution in [1.82, 2.24) is 9.88 Å². The molecule has 6 nitrogen and oxygen atoms in total. The van der Waals surface area contributed by atoms with Crippen molar-refractivity contribution >= 4 is 17.3 Å². The van der Waals surface area contributed by atoms with Crippen LogP contribution in [0.3, 0.4) is 0 Å². The number of nitrogens with zero attached hydrogens (tertiary/aromatic N) is 3. The molecule has 4 rings (SSSR count). The molecule has 2 aliphatic rings. The molecule has 1 saturated heterocycles. The number of ether oxygens (including phenoxy) is 1. The van der Waals surface area contributed by atoms with Gasteiger partial charge in [-0.2, -0.15) is 0 Å². The maximum Gasteiger partial charge on any atom is 0.250 e. The summed E-state index contributed by atoms with van der Waals surface area (Å²) in [6, 6.07) is 12.3. The fourth-order valence-corrected chi connectivity index (χ4v) is 4.52. The van der Waals surface area contributed by atoms with E-state index in [2.05, 4.69) is 38.3 Å². The molecule has 31 heavy (non-hydrogen) atoms. The predicted octanol–water partition coefficient (Wildman–Crippen LogP) is 3.73. The van der Waals surface area contributed by atoms with E-state index < -0.39 is 0 Å². The van der Waals surface area contributed by atoms with Crippen LogP contribution in [0.5, 0.6) is 0 Å². The van der Waals surface area contributed by atoms with Gasteiger partial charge < -0.3 is 15.0 Å². The van der Waals surface area contributed by atoms with Crippen LogP contribution in [0.1, 0.15) is 37.7 Å². The molecule has 2 fully saturated rings. The van der Waals surface area contributed by atoms with Crippen LogP contribution >= 0.6 is 0 Å². The lowest BCUT2D eigenvalue weighted by Gasteiger charge is -2.37. The van der Waals surface area contributed by atoms with Gasteiger partial charge in [0.05, 0.1) is 17.5 Å². The van der Waals surface area contributed by atoms with Crippen LogP contribution in [0.2, 0.25) is 0 Å². The zero-order valence-corrected chi connectivity index (χ0v) is 18.3. The number of piperazine rings is 1. The number of pyridine rings is 1. The molecule has 1 aromatic carbocycles. The second-order valence-electron chi connectivity index (χ2n) is 8.57. The molecule has 1 N–H and O–H groups in total. The van der Waals surface area contributed by atoms with Gasteiger partial charge in [0.2, 0.25) is 5.91 Å². The fourth-order valence-electron chi connectivity index (χ4n) is 4.52. The Bertz CT molecular complexity index is 815. The van der Waals surface area contributed by atoms with Crippen molar-refractivity contribution in [2.75, 3.05) is 49.5 Å². The average Bonchev–Trinajstić information content (AvgIpc) is 2.83. The monoisotopic (exact) mass is 422 g/mol. The second kappa shape index (κ2) is 11.3. The first-order valence-electron chi connectivity index (χ1n) is 11.6. The van der Waals surface area contributed by atoms with E-state index in [1.807, 2.05) is 30.6 Å². The van der Waals surface area contributed by atoms with Crippen molar-refractivity contribution in [1.29, 1.82) is 0 Å². The number of hydrogen-bond acceptors (Lipinski definition) is 5. The van der Waals surface area contributed by atoms with E-state index in [1.165, 1.54) is 24.8 Å². The zero-order chi connectivity index (χ0) is 21.3. The Labute approximate surface area is 185 Å². The molecule has 6 heteroatoms. The molecule has 0 spiro atoms. The third kappa shape index (κ3) is 6.52. The lowest BCUT2D eigenvalue weighted by molar-refractivity contribution is -0.123. The Morgan fingerprint density at radius 3 is 2.52 bits per heavy atom. The molecule has 1 amide bonds. The van der Waals surface area contributed by atoms with Crippen molar-refractivity contribution < 1.29 is 9.53 Å². The Morgan fingerprint density at radius 2 is 1.74 bits per heavy atom. The van der Waals surface area contributed by atoms with Crippen LogP contribution in [0, 0.1) is 0 Å². The van der Waals surface area contributed by atoms with Gasteiger partial charge in [-0.3, -0.25) is 14.7 Å². The van der Waals surface area contributed by atoms with E-state index in [4.69, 9.17) is 4.74 Å². The molecule has 0 radical (unpaired) electrons. The lowest BCUT2D eigenvalue weighted by atomic mass is 9.98. The fraction of sp³-hybridized carbons (Fsp3) is 0.520. The van der Waals surface area contributed by atoms with Gasteiger partial charge in [0.25, 0.3) is 0 Å². The maximum absolute atomic E-state index is 12.5. The Hall–Kier alpha value is -2.44. The first-order chi connectivity index (χ1) is 15.3. The number of anilines is 2. The summed E-state index contributed by atoms with van der Waals surface area (Å²) in [6.07, 6.45) is 10.9. The molecule has 2 heterocycles. The average molecular weight is 423 g/mol. The van der Waals surface area contributed by atoms with Gasteiger partial charge in [-0.25, -0.2) is 0 Å². The van der Waals surface area contributed by atoms with Gasteiger partial charge in [0.15, 0.2) is 0 Å². The molecular formula is C25H34N4O2. The quantitative estimate of drug-likeness (QED) is 0.702. The highest BCUT2D eigenvalue weighted by Gasteiger charge is 2.20. The third-order valence-corrected chi connectivity index (χ3v) is 6.36. The number of benzene rings is 1. The van der Waals surface area contributed by atoms with Crippen molar-refractivity contribution in [2.45, 2.75) is 44.6 Å². The number of hydrogen-bond donors (Lipinski definition) is 1. The highest BCUT2D eigenvalue weighted by Crippen LogP contribution is 2.27. The van der Waals surface area contributed by atoms with E-state index in [0.29, 0.717) is 0 Å². The van der Waals surface area contributed by atoms with E-state index in [9.17, 15) is 4.79 Å². The number of nitrogens with one attached hydrogen (secondary N) is 1. The largest absolute Gasteiger partial charge is 0.368 e. The minimum absolute atomic E-state index is 0.0611. The van der Waals surface area contributed by atoms with Crippen LogP contribution in [0.25, 0.3) is 0 Å². The highest BCUT2D eigenvalue weighted by atomic mass is 16.5. The molecule has 0 atom stereocenters. The van der Waals surface area contributed by atoms with Gasteiger partial charge >= 0.3 is 0 Å². The number of carbonyl (C=O) groups is 1. The lowest BCUT2D eigenvalue weighted by Crippen LogP contribution is -2.47. The third-order valence-electron chi connectivity index (χ3n) is 6.36. The molecular weight excluding hydrogens is 388 g/mol. The van der Waals surface area contributed by atoms with Crippen molar-refractivity contribution in [2.24, 2.45) is 0 Å². The highest BCUT2D eigenvalue weighted by molar-refractivity contribution is 5.95. The zero-order valence-electron chi connectivity index (χ0n) is 18.3. The van der Waals surface area contributed by atoms with E-state index in [1.54, 1.807) is 0 Å². The van der Waals surface area contributed by atoms with Gasteiger partial charge in [-0.15, -0.1) is 0 Å². The number of aromatic nitrogens is 1. The van der Waals surface area contributed by atoms with Gasteiger partial charge in [0, 0.05) is 45.1 Å². The molecule has 2 aromatic rings. The Balaban J connectivity index is 1.25. The summed E-state index contributed by atoms with van der Waals surface area (Å²) in [7, 11) is 0. The number of carbonyl (C=O) groups excluding carboxylic acids is 1. The maximum atomic E-state index is 12.5. The molecule has 1 saturated carbocycles. The van der Waals surface area contributed by atoms with E-state index in [-0.39, 0.29) is 18.6 Å². The van der Waals surface area contributed by atoms with Crippen LogP contribution in [-0.2, 0) is 16.0 Å². The Morgan fingerprint density at radius 1 is 1.00 bits per heavy atom. The van der Waals surface area contributed by atoms with Gasteiger partial charge in [-0.1, -0.05) is 31.4 Å². The van der Waals surface area contributed by atoms with Crippen molar-refractivity contribution in [3.05, 3.63) is 54.4 Å². The standard InChI is InChI=1S/C25H34N4O2/c30-25(20-31-22-6-2-1-3-7-22)27-23-8-4-5-9-24(23)29-18-16-28(17-19-29)15-12-21-10-13-26-14-11-21/h4-5,8-11,13-14,22H,1-3,6-7,12,15-20H2,(H,27,30). The minimum Gasteiger partial charge on any atom is -0.368 e. The summed E-state index contributed by atoms with van der Waals surface area (Å²) in [6.45, 7) is 5.18. The summed E-state index contributed by atoms with van der Waals surface area (Å²) in [5.74, 6) is -0.0611. The van der Waals surface area contributed by atoms with Crippen LogP contribution < -0.4 is 10.2 Å². The number of rotatable bonds is 8. The molecule has 1 aliphatic heterocycles. The summed E-state index contributed by atoms with van der Waals surface area (Å²) in [5, 5.41) is 3.08. The Kier molecular flexibility index (Phi) is 7.91. The molecule has 1 aliphatic carbocycles. The van der Waals surface area contributed by atoms with E-state index >= 15 is 0 Å². The first kappa shape index (κ1) is 21.8.